The molecule has 1 aromatic carbocycles. The minimum absolute atomic E-state index is 0.126. The second-order valence-corrected chi connectivity index (χ2v) is 4.96. The minimum Gasteiger partial charge on any atom is -0.508 e. The van der Waals surface area contributed by atoms with Crippen LogP contribution < -0.4 is 5.32 Å². The molecular weight excluding hydrogens is 258 g/mol. The van der Waals surface area contributed by atoms with E-state index in [-0.39, 0.29) is 24.0 Å². The lowest BCUT2D eigenvalue weighted by atomic mass is 10.0. The summed E-state index contributed by atoms with van der Waals surface area (Å²) in [7, 11) is 0. The van der Waals surface area contributed by atoms with Crippen LogP contribution in [0, 0.1) is 5.92 Å². The summed E-state index contributed by atoms with van der Waals surface area (Å²) in [5.41, 5.74) is 0.749. The molecule has 0 aliphatic rings. The maximum absolute atomic E-state index is 11.9. The number of carbonyl (C=O) groups is 2. The number of phenolic OH excluding ortho intramolecular Hbond substituents is 1. The van der Waals surface area contributed by atoms with Gasteiger partial charge in [0.15, 0.2) is 0 Å². The van der Waals surface area contributed by atoms with Gasteiger partial charge < -0.3 is 15.5 Å². The molecule has 20 heavy (non-hydrogen) atoms. The van der Waals surface area contributed by atoms with Crippen molar-refractivity contribution in [2.24, 2.45) is 5.92 Å². The third kappa shape index (κ3) is 4.91. The Morgan fingerprint density at radius 1 is 1.25 bits per heavy atom. The van der Waals surface area contributed by atoms with Crippen molar-refractivity contribution < 1.29 is 19.8 Å². The standard InChI is InChI=1S/C15H21NO4/c1-3-4-10(2)14(18)16-13(15(19)20)9-11-5-7-12(17)8-6-11/h5-8,10,13,17H,3-4,9H2,1-2H3,(H,16,18)(H,19,20)/t10?,13-/m1/s1. The lowest BCUT2D eigenvalue weighted by Gasteiger charge is -2.17. The number of aromatic hydroxyl groups is 1. The zero-order valence-electron chi connectivity index (χ0n) is 11.8. The Bertz CT molecular complexity index is 455. The minimum atomic E-state index is -1.06. The largest absolute Gasteiger partial charge is 0.508 e. The first-order chi connectivity index (χ1) is 9.43. The average molecular weight is 279 g/mol. The van der Waals surface area contributed by atoms with Crippen molar-refractivity contribution in [2.45, 2.75) is 39.2 Å². The Hall–Kier alpha value is -2.04. The first kappa shape index (κ1) is 16.0. The van der Waals surface area contributed by atoms with Gasteiger partial charge in [-0.15, -0.1) is 0 Å². The molecular formula is C15H21NO4. The molecule has 3 N–H and O–H groups in total. The van der Waals surface area contributed by atoms with E-state index in [0.29, 0.717) is 0 Å². The molecule has 1 unspecified atom stereocenters. The molecule has 0 bridgehead atoms. The van der Waals surface area contributed by atoms with E-state index >= 15 is 0 Å². The molecule has 0 aliphatic carbocycles. The summed E-state index contributed by atoms with van der Waals surface area (Å²) in [4.78, 5) is 23.1. The Balaban J connectivity index is 2.67. The number of amides is 1. The number of carbonyl (C=O) groups excluding carboxylic acids is 1. The number of rotatable bonds is 7. The molecule has 0 spiro atoms. The fourth-order valence-corrected chi connectivity index (χ4v) is 1.95. The third-order valence-corrected chi connectivity index (χ3v) is 3.16. The van der Waals surface area contributed by atoms with E-state index in [2.05, 4.69) is 5.32 Å². The van der Waals surface area contributed by atoms with Crippen LogP contribution in [0.25, 0.3) is 0 Å². The Morgan fingerprint density at radius 2 is 1.85 bits per heavy atom. The summed E-state index contributed by atoms with van der Waals surface area (Å²) in [6.45, 7) is 3.77. The molecule has 0 aromatic heterocycles. The van der Waals surface area contributed by atoms with E-state index in [4.69, 9.17) is 0 Å². The summed E-state index contributed by atoms with van der Waals surface area (Å²) in [6, 6.07) is 5.33. The number of carboxylic acids is 1. The van der Waals surface area contributed by atoms with Crippen LogP contribution in [0.3, 0.4) is 0 Å². The first-order valence-corrected chi connectivity index (χ1v) is 6.75. The second-order valence-electron chi connectivity index (χ2n) is 4.96. The molecule has 0 heterocycles. The smallest absolute Gasteiger partial charge is 0.326 e. The Labute approximate surface area is 118 Å². The van der Waals surface area contributed by atoms with Crippen LogP contribution in [-0.4, -0.2) is 28.1 Å². The summed E-state index contributed by atoms with van der Waals surface area (Å²) in [6.07, 6.45) is 1.81. The van der Waals surface area contributed by atoms with E-state index in [9.17, 15) is 19.8 Å². The summed E-state index contributed by atoms with van der Waals surface area (Å²) in [5, 5.41) is 20.9. The monoisotopic (exact) mass is 279 g/mol. The van der Waals surface area contributed by atoms with Crippen molar-refractivity contribution in [2.75, 3.05) is 0 Å². The van der Waals surface area contributed by atoms with Crippen LogP contribution >= 0.6 is 0 Å². The van der Waals surface area contributed by atoms with Crippen LogP contribution in [0.5, 0.6) is 5.75 Å². The SMILES string of the molecule is CCCC(C)C(=O)N[C@H](Cc1ccc(O)cc1)C(=O)O. The number of carboxylic acid groups (broad SMARTS) is 1. The molecule has 0 saturated heterocycles. The lowest BCUT2D eigenvalue weighted by molar-refractivity contribution is -0.142. The third-order valence-electron chi connectivity index (χ3n) is 3.16. The molecule has 0 aliphatic heterocycles. The first-order valence-electron chi connectivity index (χ1n) is 6.75. The number of nitrogens with one attached hydrogen (secondary N) is 1. The molecule has 0 fully saturated rings. The molecule has 0 saturated carbocycles. The maximum Gasteiger partial charge on any atom is 0.326 e. The Kier molecular flexibility index (Phi) is 6.03. The van der Waals surface area contributed by atoms with Crippen molar-refractivity contribution >= 4 is 11.9 Å². The van der Waals surface area contributed by atoms with Crippen LogP contribution in [-0.2, 0) is 16.0 Å². The van der Waals surface area contributed by atoms with Crippen molar-refractivity contribution in [1.29, 1.82) is 0 Å². The van der Waals surface area contributed by atoms with Gasteiger partial charge in [0.05, 0.1) is 0 Å². The van der Waals surface area contributed by atoms with Crippen LogP contribution in [0.15, 0.2) is 24.3 Å². The van der Waals surface area contributed by atoms with Gasteiger partial charge >= 0.3 is 5.97 Å². The van der Waals surface area contributed by atoms with E-state index in [0.717, 1.165) is 18.4 Å². The van der Waals surface area contributed by atoms with Crippen molar-refractivity contribution in [3.63, 3.8) is 0 Å². The molecule has 5 heteroatoms. The number of phenols is 1. The normalized spacial score (nSPS) is 13.5. The number of benzene rings is 1. The molecule has 2 atom stereocenters. The number of hydrogen-bond donors (Lipinski definition) is 3. The highest BCUT2D eigenvalue weighted by Gasteiger charge is 2.22. The van der Waals surface area contributed by atoms with E-state index in [1.807, 2.05) is 6.92 Å². The second kappa shape index (κ2) is 7.53. The van der Waals surface area contributed by atoms with Gasteiger partial charge in [-0.1, -0.05) is 32.4 Å². The van der Waals surface area contributed by atoms with Gasteiger partial charge in [-0.2, -0.15) is 0 Å². The van der Waals surface area contributed by atoms with Crippen molar-refractivity contribution in [1.82, 2.24) is 5.32 Å². The van der Waals surface area contributed by atoms with Gasteiger partial charge in [0.1, 0.15) is 11.8 Å². The zero-order valence-corrected chi connectivity index (χ0v) is 11.8. The van der Waals surface area contributed by atoms with E-state index in [1.165, 1.54) is 12.1 Å². The predicted molar refractivity (Wildman–Crippen MR) is 75.4 cm³/mol. The van der Waals surface area contributed by atoms with Gasteiger partial charge in [0.2, 0.25) is 5.91 Å². The van der Waals surface area contributed by atoms with Gasteiger partial charge in [-0.3, -0.25) is 4.79 Å². The highest BCUT2D eigenvalue weighted by Crippen LogP contribution is 2.12. The zero-order chi connectivity index (χ0) is 15.1. The van der Waals surface area contributed by atoms with Crippen LogP contribution in [0.2, 0.25) is 0 Å². The average Bonchev–Trinajstić information content (AvgIpc) is 2.40. The number of aliphatic carboxylic acids is 1. The van der Waals surface area contributed by atoms with Crippen molar-refractivity contribution in [3.8, 4) is 5.75 Å². The molecule has 5 nitrogen and oxygen atoms in total. The quantitative estimate of drug-likeness (QED) is 0.712. The topological polar surface area (TPSA) is 86.6 Å². The summed E-state index contributed by atoms with van der Waals surface area (Å²) < 4.78 is 0. The van der Waals surface area contributed by atoms with Gasteiger partial charge in [0, 0.05) is 12.3 Å². The van der Waals surface area contributed by atoms with Crippen LogP contribution in [0.1, 0.15) is 32.3 Å². The summed E-state index contributed by atoms with van der Waals surface area (Å²) in [5.74, 6) is -1.36. The fourth-order valence-electron chi connectivity index (χ4n) is 1.95. The predicted octanol–water partition coefficient (Wildman–Crippen LogP) is 1.94. The molecule has 0 radical (unpaired) electrons. The highest BCUT2D eigenvalue weighted by molar-refractivity contribution is 5.84. The molecule has 110 valence electrons. The molecule has 1 rings (SSSR count). The summed E-state index contributed by atoms with van der Waals surface area (Å²) >= 11 is 0. The molecule has 1 amide bonds. The maximum atomic E-state index is 11.9. The van der Waals surface area contributed by atoms with Gasteiger partial charge in [-0.25, -0.2) is 4.79 Å². The highest BCUT2D eigenvalue weighted by atomic mass is 16.4. The van der Waals surface area contributed by atoms with Crippen LogP contribution in [0.4, 0.5) is 0 Å². The van der Waals surface area contributed by atoms with Gasteiger partial charge in [-0.05, 0) is 24.1 Å². The van der Waals surface area contributed by atoms with E-state index < -0.39 is 12.0 Å². The van der Waals surface area contributed by atoms with E-state index in [1.54, 1.807) is 19.1 Å². The lowest BCUT2D eigenvalue weighted by Crippen LogP contribution is -2.44. The molecule has 1 aromatic rings. The van der Waals surface area contributed by atoms with Crippen molar-refractivity contribution in [3.05, 3.63) is 29.8 Å². The van der Waals surface area contributed by atoms with Gasteiger partial charge in [0.25, 0.3) is 0 Å². The number of hydrogen-bond acceptors (Lipinski definition) is 3. The Morgan fingerprint density at radius 3 is 2.35 bits per heavy atom. The fraction of sp³-hybridized carbons (Fsp3) is 0.467.